The van der Waals surface area contributed by atoms with E-state index in [9.17, 15) is 8.42 Å². The van der Waals surface area contributed by atoms with E-state index in [1.54, 1.807) is 0 Å². The molecule has 5 heteroatoms. The SMILES string of the molecule is CN(C)c1ccc(CCS(=O)(=O)Cl)cc1. The zero-order valence-electron chi connectivity index (χ0n) is 8.77. The second kappa shape index (κ2) is 4.86. The van der Waals surface area contributed by atoms with Crippen LogP contribution in [-0.2, 0) is 15.5 Å². The molecule has 15 heavy (non-hydrogen) atoms. The van der Waals surface area contributed by atoms with E-state index in [-0.39, 0.29) is 5.75 Å². The molecular weight excluding hydrogens is 234 g/mol. The summed E-state index contributed by atoms with van der Waals surface area (Å²) >= 11 is 0. The lowest BCUT2D eigenvalue weighted by molar-refractivity contribution is 0.609. The molecule has 0 aliphatic heterocycles. The molecule has 84 valence electrons. The van der Waals surface area contributed by atoms with Crippen molar-refractivity contribution >= 4 is 25.4 Å². The molecular formula is C10H14ClNO2S. The Bertz CT molecular complexity index is 412. The van der Waals surface area contributed by atoms with Crippen molar-refractivity contribution in [3.05, 3.63) is 29.8 Å². The van der Waals surface area contributed by atoms with Crippen LogP contribution in [0.3, 0.4) is 0 Å². The van der Waals surface area contributed by atoms with Gasteiger partial charge in [-0.2, -0.15) is 0 Å². The van der Waals surface area contributed by atoms with Crippen LogP contribution in [0, 0.1) is 0 Å². The zero-order chi connectivity index (χ0) is 11.5. The highest BCUT2D eigenvalue weighted by Crippen LogP contribution is 2.13. The van der Waals surface area contributed by atoms with Crippen molar-refractivity contribution in [1.29, 1.82) is 0 Å². The molecule has 0 bridgehead atoms. The van der Waals surface area contributed by atoms with Gasteiger partial charge in [0.15, 0.2) is 0 Å². The molecule has 0 saturated carbocycles. The van der Waals surface area contributed by atoms with Gasteiger partial charge < -0.3 is 4.90 Å². The first kappa shape index (κ1) is 12.3. The van der Waals surface area contributed by atoms with Gasteiger partial charge in [-0.1, -0.05) is 12.1 Å². The molecule has 1 aromatic rings. The Kier molecular flexibility index (Phi) is 3.99. The Morgan fingerprint density at radius 3 is 2.13 bits per heavy atom. The lowest BCUT2D eigenvalue weighted by Crippen LogP contribution is -2.08. The van der Waals surface area contributed by atoms with Gasteiger partial charge in [0.2, 0.25) is 9.05 Å². The first-order chi connectivity index (χ1) is 6.88. The van der Waals surface area contributed by atoms with Gasteiger partial charge in [0.1, 0.15) is 0 Å². The van der Waals surface area contributed by atoms with Crippen molar-refractivity contribution in [2.24, 2.45) is 0 Å². The van der Waals surface area contributed by atoms with Crippen LogP contribution >= 0.6 is 10.7 Å². The molecule has 3 nitrogen and oxygen atoms in total. The average Bonchev–Trinajstić information content (AvgIpc) is 2.14. The molecule has 0 N–H and O–H groups in total. The van der Waals surface area contributed by atoms with Crippen molar-refractivity contribution in [3.8, 4) is 0 Å². The minimum absolute atomic E-state index is 0.0180. The molecule has 1 rings (SSSR count). The molecule has 0 radical (unpaired) electrons. The van der Waals surface area contributed by atoms with Crippen molar-refractivity contribution in [2.75, 3.05) is 24.7 Å². The van der Waals surface area contributed by atoms with Gasteiger partial charge in [0.25, 0.3) is 0 Å². The number of benzene rings is 1. The first-order valence-electron chi connectivity index (χ1n) is 4.57. The Morgan fingerprint density at radius 1 is 1.20 bits per heavy atom. The topological polar surface area (TPSA) is 37.4 Å². The quantitative estimate of drug-likeness (QED) is 0.763. The van der Waals surface area contributed by atoms with Crippen LogP contribution in [0.5, 0.6) is 0 Å². The maximum Gasteiger partial charge on any atom is 0.232 e. The highest BCUT2D eigenvalue weighted by molar-refractivity contribution is 8.13. The number of aryl methyl sites for hydroxylation is 1. The van der Waals surface area contributed by atoms with Gasteiger partial charge in [-0.3, -0.25) is 0 Å². The molecule has 0 spiro atoms. The van der Waals surface area contributed by atoms with E-state index in [2.05, 4.69) is 0 Å². The van der Waals surface area contributed by atoms with Crippen LogP contribution in [0.4, 0.5) is 5.69 Å². The summed E-state index contributed by atoms with van der Waals surface area (Å²) in [5, 5.41) is 0. The molecule has 0 aliphatic rings. The summed E-state index contributed by atoms with van der Waals surface area (Å²) < 4.78 is 21.5. The fourth-order valence-electron chi connectivity index (χ4n) is 1.20. The van der Waals surface area contributed by atoms with E-state index in [0.717, 1.165) is 11.3 Å². The largest absolute Gasteiger partial charge is 0.378 e. The van der Waals surface area contributed by atoms with Gasteiger partial charge in [-0.15, -0.1) is 0 Å². The van der Waals surface area contributed by atoms with E-state index in [0.29, 0.717) is 6.42 Å². The minimum Gasteiger partial charge on any atom is -0.378 e. The summed E-state index contributed by atoms with van der Waals surface area (Å²) in [5.74, 6) is -0.0180. The van der Waals surface area contributed by atoms with E-state index >= 15 is 0 Å². The Balaban J connectivity index is 2.65. The summed E-state index contributed by atoms with van der Waals surface area (Å²) in [6.45, 7) is 0. The molecule has 1 aromatic carbocycles. The first-order valence-corrected chi connectivity index (χ1v) is 7.05. The van der Waals surface area contributed by atoms with Gasteiger partial charge in [0, 0.05) is 30.5 Å². The number of hydrogen-bond acceptors (Lipinski definition) is 3. The second-order valence-electron chi connectivity index (χ2n) is 3.55. The third-order valence-electron chi connectivity index (χ3n) is 2.09. The number of hydrogen-bond donors (Lipinski definition) is 0. The number of anilines is 1. The van der Waals surface area contributed by atoms with Crippen molar-refractivity contribution < 1.29 is 8.42 Å². The van der Waals surface area contributed by atoms with Gasteiger partial charge in [0.05, 0.1) is 5.75 Å². The maximum atomic E-state index is 10.7. The maximum absolute atomic E-state index is 10.7. The van der Waals surface area contributed by atoms with Crippen molar-refractivity contribution in [1.82, 2.24) is 0 Å². The summed E-state index contributed by atoms with van der Waals surface area (Å²) in [5.41, 5.74) is 2.07. The van der Waals surface area contributed by atoms with Gasteiger partial charge >= 0.3 is 0 Å². The molecule has 0 atom stereocenters. The summed E-state index contributed by atoms with van der Waals surface area (Å²) in [6.07, 6.45) is 0.458. The predicted octanol–water partition coefficient (Wildman–Crippen LogP) is 1.86. The lowest BCUT2D eigenvalue weighted by atomic mass is 10.1. The molecule has 0 heterocycles. The van der Waals surface area contributed by atoms with Crippen LogP contribution in [0.1, 0.15) is 5.56 Å². The zero-order valence-corrected chi connectivity index (χ0v) is 10.3. The second-order valence-corrected chi connectivity index (χ2v) is 6.45. The van der Waals surface area contributed by atoms with Gasteiger partial charge in [-0.25, -0.2) is 8.42 Å². The van der Waals surface area contributed by atoms with E-state index in [1.165, 1.54) is 0 Å². The van der Waals surface area contributed by atoms with E-state index < -0.39 is 9.05 Å². The van der Waals surface area contributed by atoms with Crippen LogP contribution < -0.4 is 4.90 Å². The summed E-state index contributed by atoms with van der Waals surface area (Å²) in [4.78, 5) is 1.99. The summed E-state index contributed by atoms with van der Waals surface area (Å²) in [6, 6.07) is 7.74. The standard InChI is InChI=1S/C10H14ClNO2S/c1-12(2)10-5-3-9(4-6-10)7-8-15(11,13)14/h3-6H,7-8H2,1-2H3. The van der Waals surface area contributed by atoms with Crippen LogP contribution in [0.2, 0.25) is 0 Å². The molecule has 0 aliphatic carbocycles. The number of nitrogens with zero attached hydrogens (tertiary/aromatic N) is 1. The van der Waals surface area contributed by atoms with Crippen LogP contribution in [0.15, 0.2) is 24.3 Å². The molecule has 0 aromatic heterocycles. The van der Waals surface area contributed by atoms with Crippen molar-refractivity contribution in [2.45, 2.75) is 6.42 Å². The Morgan fingerprint density at radius 2 is 1.73 bits per heavy atom. The Labute approximate surface area is 95.1 Å². The summed E-state index contributed by atoms with van der Waals surface area (Å²) in [7, 11) is 5.65. The van der Waals surface area contributed by atoms with E-state index in [4.69, 9.17) is 10.7 Å². The fraction of sp³-hybridized carbons (Fsp3) is 0.400. The lowest BCUT2D eigenvalue weighted by Gasteiger charge is -2.12. The van der Waals surface area contributed by atoms with Crippen molar-refractivity contribution in [3.63, 3.8) is 0 Å². The molecule has 0 amide bonds. The highest BCUT2D eigenvalue weighted by Gasteiger charge is 2.05. The smallest absolute Gasteiger partial charge is 0.232 e. The highest BCUT2D eigenvalue weighted by atomic mass is 35.7. The molecule has 0 saturated heterocycles. The third kappa shape index (κ3) is 4.53. The molecule has 0 fully saturated rings. The van der Waals surface area contributed by atoms with Crippen LogP contribution in [-0.4, -0.2) is 28.3 Å². The Hall–Kier alpha value is -0.740. The predicted molar refractivity (Wildman–Crippen MR) is 64.1 cm³/mol. The minimum atomic E-state index is -3.39. The fourth-order valence-corrected chi connectivity index (χ4v) is 1.91. The monoisotopic (exact) mass is 247 g/mol. The van der Waals surface area contributed by atoms with Gasteiger partial charge in [-0.05, 0) is 24.1 Å². The normalized spacial score (nSPS) is 11.4. The van der Waals surface area contributed by atoms with Crippen LogP contribution in [0.25, 0.3) is 0 Å². The number of rotatable bonds is 4. The third-order valence-corrected chi connectivity index (χ3v) is 3.24. The average molecular weight is 248 g/mol. The number of halogens is 1. The van der Waals surface area contributed by atoms with E-state index in [1.807, 2.05) is 43.3 Å². The molecule has 0 unspecified atom stereocenters.